The van der Waals surface area contributed by atoms with E-state index >= 15 is 0 Å². The third kappa shape index (κ3) is 3.21. The van der Waals surface area contributed by atoms with Crippen LogP contribution in [0.1, 0.15) is 34.3 Å². The number of benzene rings is 3. The molecule has 4 heteroatoms. The Bertz CT molecular complexity index is 981. The zero-order valence-electron chi connectivity index (χ0n) is 14.7. The topological polar surface area (TPSA) is 34.1 Å². The molecular weight excluding hydrogens is 359 g/mol. The molecule has 2 nitrogen and oxygen atoms in total. The predicted molar refractivity (Wildman–Crippen MR) is 104 cm³/mol. The summed E-state index contributed by atoms with van der Waals surface area (Å²) in [6.45, 7) is 1.46. The molecule has 0 aromatic heterocycles. The van der Waals surface area contributed by atoms with E-state index in [0.717, 1.165) is 20.9 Å². The summed E-state index contributed by atoms with van der Waals surface area (Å²) in [5.41, 5.74) is 2.32. The number of hydrogen-bond acceptors (Lipinski definition) is 3. The summed E-state index contributed by atoms with van der Waals surface area (Å²) in [4.78, 5) is 28.0. The highest BCUT2D eigenvalue weighted by Crippen LogP contribution is 2.49. The summed E-state index contributed by atoms with van der Waals surface area (Å²) in [5, 5.41) is 0. The molecule has 0 unspecified atom stereocenters. The molecule has 0 amide bonds. The fourth-order valence-corrected chi connectivity index (χ4v) is 4.83. The Balaban J connectivity index is 1.87. The molecular formula is C23H17FO2S. The number of halogens is 1. The van der Waals surface area contributed by atoms with Gasteiger partial charge in [0.2, 0.25) is 0 Å². The highest BCUT2D eigenvalue weighted by atomic mass is 32.2. The molecule has 0 bridgehead atoms. The van der Waals surface area contributed by atoms with Gasteiger partial charge in [0.05, 0.1) is 5.92 Å². The largest absolute Gasteiger partial charge is 0.299 e. The Morgan fingerprint density at radius 3 is 1.89 bits per heavy atom. The van der Waals surface area contributed by atoms with Crippen molar-refractivity contribution in [2.24, 2.45) is 5.92 Å². The maximum Gasteiger partial charge on any atom is 0.174 e. The summed E-state index contributed by atoms with van der Waals surface area (Å²) >= 11 is 1.65. The van der Waals surface area contributed by atoms with Gasteiger partial charge in [0.25, 0.3) is 0 Å². The highest BCUT2D eigenvalue weighted by molar-refractivity contribution is 7.99. The van der Waals surface area contributed by atoms with E-state index in [9.17, 15) is 14.0 Å². The molecule has 1 aliphatic rings. The van der Waals surface area contributed by atoms with Crippen LogP contribution in [0.5, 0.6) is 0 Å². The van der Waals surface area contributed by atoms with Crippen molar-refractivity contribution < 1.29 is 14.0 Å². The van der Waals surface area contributed by atoms with E-state index in [4.69, 9.17) is 0 Å². The lowest BCUT2D eigenvalue weighted by molar-refractivity contribution is -0.119. The van der Waals surface area contributed by atoms with Crippen molar-refractivity contribution in [1.29, 1.82) is 0 Å². The van der Waals surface area contributed by atoms with E-state index in [-0.39, 0.29) is 17.5 Å². The molecule has 27 heavy (non-hydrogen) atoms. The van der Waals surface area contributed by atoms with Gasteiger partial charge in [-0.3, -0.25) is 9.59 Å². The molecule has 0 aliphatic carbocycles. The molecule has 0 saturated carbocycles. The molecule has 0 radical (unpaired) electrons. The van der Waals surface area contributed by atoms with Crippen molar-refractivity contribution >= 4 is 23.3 Å². The van der Waals surface area contributed by atoms with Gasteiger partial charge in [-0.05, 0) is 54.4 Å². The second kappa shape index (κ2) is 7.12. The van der Waals surface area contributed by atoms with Crippen LogP contribution in [0.2, 0.25) is 0 Å². The Hall–Kier alpha value is -2.72. The third-order valence-electron chi connectivity index (χ3n) is 4.91. The molecule has 1 aliphatic heterocycles. The third-order valence-corrected chi connectivity index (χ3v) is 6.09. The number of hydrogen-bond donors (Lipinski definition) is 0. The summed E-state index contributed by atoms with van der Waals surface area (Å²) in [6.07, 6.45) is 0. The normalized spacial score (nSPS) is 14.1. The van der Waals surface area contributed by atoms with Crippen LogP contribution in [-0.4, -0.2) is 11.6 Å². The van der Waals surface area contributed by atoms with Gasteiger partial charge >= 0.3 is 0 Å². The fraction of sp³-hybridized carbons (Fsp3) is 0.130. The first-order valence-electron chi connectivity index (χ1n) is 8.72. The molecule has 0 spiro atoms. The quantitative estimate of drug-likeness (QED) is 0.445. The van der Waals surface area contributed by atoms with Crippen molar-refractivity contribution in [2.75, 3.05) is 0 Å². The summed E-state index contributed by atoms with van der Waals surface area (Å²) in [5.74, 6) is -2.07. The average molecular weight is 376 g/mol. The Kier molecular flexibility index (Phi) is 4.66. The van der Waals surface area contributed by atoms with Gasteiger partial charge in [-0.15, -0.1) is 0 Å². The van der Waals surface area contributed by atoms with Gasteiger partial charge in [-0.2, -0.15) is 0 Å². The predicted octanol–water partition coefficient (Wildman–Crippen LogP) is 5.51. The number of carbonyl (C=O) groups is 2. The molecule has 0 saturated heterocycles. The van der Waals surface area contributed by atoms with Crippen molar-refractivity contribution in [3.8, 4) is 0 Å². The lowest BCUT2D eigenvalue weighted by Crippen LogP contribution is -2.31. The lowest BCUT2D eigenvalue weighted by atomic mass is 9.75. The van der Waals surface area contributed by atoms with E-state index < -0.39 is 11.7 Å². The summed E-state index contributed by atoms with van der Waals surface area (Å²) in [6, 6.07) is 21.2. The second-order valence-electron chi connectivity index (χ2n) is 6.61. The number of fused-ring (bicyclic) bond motifs is 2. The highest BCUT2D eigenvalue weighted by Gasteiger charge is 2.39. The van der Waals surface area contributed by atoms with Crippen LogP contribution in [-0.2, 0) is 4.79 Å². The van der Waals surface area contributed by atoms with Gasteiger partial charge in [0.1, 0.15) is 11.6 Å². The molecule has 3 aromatic rings. The van der Waals surface area contributed by atoms with Gasteiger partial charge in [0.15, 0.2) is 5.78 Å². The smallest absolute Gasteiger partial charge is 0.174 e. The van der Waals surface area contributed by atoms with Crippen LogP contribution in [0, 0.1) is 11.7 Å². The maximum absolute atomic E-state index is 13.3. The first-order chi connectivity index (χ1) is 13.1. The maximum atomic E-state index is 13.3. The second-order valence-corrected chi connectivity index (χ2v) is 7.70. The number of Topliss-reactive ketones (excluding diaryl/α,β-unsaturated/α-hetero) is 2. The van der Waals surface area contributed by atoms with E-state index in [1.165, 1.54) is 31.2 Å². The van der Waals surface area contributed by atoms with E-state index in [1.807, 2.05) is 48.5 Å². The summed E-state index contributed by atoms with van der Waals surface area (Å²) < 4.78 is 13.3. The van der Waals surface area contributed by atoms with Crippen molar-refractivity contribution in [3.63, 3.8) is 0 Å². The van der Waals surface area contributed by atoms with Crippen LogP contribution in [0.15, 0.2) is 82.6 Å². The molecule has 3 aromatic carbocycles. The van der Waals surface area contributed by atoms with E-state index in [2.05, 4.69) is 0 Å². The molecule has 134 valence electrons. The standard InChI is InChI=1S/C23H17FO2S/c1-14(25)21(23(26)15-10-12-16(24)13-11-15)22-17-6-2-4-8-19(17)27-20-9-5-3-7-18(20)22/h2-13,21-22H,1H3/t21-/m1/s1. The zero-order chi connectivity index (χ0) is 19.0. The van der Waals surface area contributed by atoms with Gasteiger partial charge in [-0.25, -0.2) is 4.39 Å². The SMILES string of the molecule is CC(=O)[C@@H](C(=O)c1ccc(F)cc1)C1c2ccccc2Sc2ccccc21. The van der Waals surface area contributed by atoms with E-state index in [0.29, 0.717) is 5.56 Å². The van der Waals surface area contributed by atoms with Crippen LogP contribution < -0.4 is 0 Å². The number of carbonyl (C=O) groups excluding carboxylic acids is 2. The Labute approximate surface area is 161 Å². The Morgan fingerprint density at radius 1 is 0.852 bits per heavy atom. The van der Waals surface area contributed by atoms with E-state index in [1.54, 1.807) is 11.8 Å². The first-order valence-corrected chi connectivity index (χ1v) is 9.54. The molecule has 0 fully saturated rings. The average Bonchev–Trinajstić information content (AvgIpc) is 2.68. The minimum Gasteiger partial charge on any atom is -0.299 e. The molecule has 1 atom stereocenters. The lowest BCUT2D eigenvalue weighted by Gasteiger charge is -2.32. The zero-order valence-corrected chi connectivity index (χ0v) is 15.5. The number of rotatable bonds is 4. The summed E-state index contributed by atoms with van der Waals surface area (Å²) in [7, 11) is 0. The molecule has 0 N–H and O–H groups in total. The van der Waals surface area contributed by atoms with Crippen molar-refractivity contribution in [1.82, 2.24) is 0 Å². The van der Waals surface area contributed by atoms with Crippen LogP contribution >= 0.6 is 11.8 Å². The van der Waals surface area contributed by atoms with Crippen molar-refractivity contribution in [3.05, 3.63) is 95.3 Å². The van der Waals surface area contributed by atoms with Gasteiger partial charge < -0.3 is 0 Å². The first kappa shape index (κ1) is 17.7. The van der Waals surface area contributed by atoms with Crippen LogP contribution in [0.25, 0.3) is 0 Å². The van der Waals surface area contributed by atoms with Crippen LogP contribution in [0.4, 0.5) is 4.39 Å². The van der Waals surface area contributed by atoms with Gasteiger partial charge in [-0.1, -0.05) is 48.2 Å². The monoisotopic (exact) mass is 376 g/mol. The molecule has 4 rings (SSSR count). The molecule has 1 heterocycles. The van der Waals surface area contributed by atoms with Gasteiger partial charge in [0, 0.05) is 21.3 Å². The minimum absolute atomic E-state index is 0.189. The fourth-order valence-electron chi connectivity index (χ4n) is 3.67. The minimum atomic E-state index is -0.848. The number of ketones is 2. The van der Waals surface area contributed by atoms with Crippen LogP contribution in [0.3, 0.4) is 0 Å². The Morgan fingerprint density at radius 2 is 1.37 bits per heavy atom. The van der Waals surface area contributed by atoms with Crippen molar-refractivity contribution in [2.45, 2.75) is 22.6 Å².